The first-order valence-corrected chi connectivity index (χ1v) is 12.2. The molecule has 1 saturated heterocycles. The smallest absolute Gasteiger partial charge is 0.526 e. The number of benzene rings is 1. The highest BCUT2D eigenvalue weighted by atomic mass is 32.1. The number of nitrogen functional groups attached to an aromatic ring is 1. The minimum atomic E-state index is -1.13. The van der Waals surface area contributed by atoms with Gasteiger partial charge in [-0.1, -0.05) is 23.4 Å². The number of aryl methyl sites for hydroxylation is 1. The fraction of sp³-hybridized carbons (Fsp3) is 0.455. The number of amides is 1. The fourth-order valence-electron chi connectivity index (χ4n) is 4.18. The van der Waals surface area contributed by atoms with E-state index in [9.17, 15) is 14.6 Å². The predicted octanol–water partition coefficient (Wildman–Crippen LogP) is 1.07. The first kappa shape index (κ1) is 24.2. The lowest BCUT2D eigenvalue weighted by Gasteiger charge is -2.28. The number of hydrogen-bond donors (Lipinski definition) is 4. The van der Waals surface area contributed by atoms with Crippen LogP contribution in [-0.2, 0) is 20.8 Å². The normalized spacial score (nSPS) is 18.7. The van der Waals surface area contributed by atoms with Gasteiger partial charge in [0.2, 0.25) is 0 Å². The van der Waals surface area contributed by atoms with E-state index in [1.807, 2.05) is 25.1 Å². The number of fused-ring (bicyclic) bond motifs is 1. The zero-order valence-corrected chi connectivity index (χ0v) is 19.8. The number of aromatic nitrogens is 1. The van der Waals surface area contributed by atoms with E-state index < -0.39 is 12.9 Å². The molecule has 0 spiro atoms. The van der Waals surface area contributed by atoms with Crippen molar-refractivity contribution < 1.29 is 24.1 Å². The average molecular weight is 485 g/mol. The van der Waals surface area contributed by atoms with Gasteiger partial charge in [0, 0.05) is 23.7 Å². The van der Waals surface area contributed by atoms with Gasteiger partial charge in [-0.25, -0.2) is 4.98 Å². The topological polar surface area (TPSA) is 148 Å². The highest BCUT2D eigenvalue weighted by Gasteiger charge is 2.38. The van der Waals surface area contributed by atoms with Gasteiger partial charge in [-0.15, -0.1) is 11.3 Å². The SMILES string of the molecule is Cc1cccc2c1OB(O)[C@@H](CC(=O)/C(=N\OCC(=O)NC1CCNCC1)c1csc(N)n1)C2. The van der Waals surface area contributed by atoms with Crippen molar-refractivity contribution >= 4 is 41.0 Å². The molecule has 2 aliphatic rings. The third-order valence-corrected chi connectivity index (χ3v) is 6.62. The van der Waals surface area contributed by atoms with Crippen LogP contribution in [0.2, 0.25) is 5.82 Å². The van der Waals surface area contributed by atoms with Crippen LogP contribution < -0.4 is 21.0 Å². The maximum Gasteiger partial charge on any atom is 0.526 e. The highest BCUT2D eigenvalue weighted by Crippen LogP contribution is 2.36. The number of rotatable bonds is 8. The van der Waals surface area contributed by atoms with Gasteiger partial charge in [0.1, 0.15) is 11.4 Å². The lowest BCUT2D eigenvalue weighted by Crippen LogP contribution is -2.43. The second-order valence-corrected chi connectivity index (χ2v) is 9.43. The molecule has 4 rings (SSSR count). The standard InChI is InChI=1S/C22H28BN5O5S/c1-13-3-2-4-14-9-15(23(31)33-21(13)14)10-18(29)20(17-12-34-22(24)27-17)28-32-11-19(30)26-16-5-7-25-8-6-16/h2-4,12,15-16,25,31H,5-11H2,1H3,(H2,24,27)(H,26,30)/b28-20-/t15-/m1/s1. The van der Waals surface area contributed by atoms with Crippen LogP contribution in [0.15, 0.2) is 28.7 Å². The molecule has 34 heavy (non-hydrogen) atoms. The van der Waals surface area contributed by atoms with E-state index in [2.05, 4.69) is 20.8 Å². The number of hydrogen-bond acceptors (Lipinski definition) is 10. The summed E-state index contributed by atoms with van der Waals surface area (Å²) in [6.45, 7) is 3.30. The summed E-state index contributed by atoms with van der Waals surface area (Å²) in [4.78, 5) is 34.8. The van der Waals surface area contributed by atoms with Crippen LogP contribution in [0.3, 0.4) is 0 Å². The molecular weight excluding hydrogens is 457 g/mol. The van der Waals surface area contributed by atoms with E-state index >= 15 is 0 Å². The molecule has 1 amide bonds. The minimum absolute atomic E-state index is 0.0323. The summed E-state index contributed by atoms with van der Waals surface area (Å²) in [6.07, 6.45) is 2.15. The minimum Gasteiger partial charge on any atom is -0.536 e. The first-order valence-electron chi connectivity index (χ1n) is 11.3. The molecule has 5 N–H and O–H groups in total. The van der Waals surface area contributed by atoms with E-state index in [1.165, 1.54) is 11.3 Å². The van der Waals surface area contributed by atoms with Crippen LogP contribution in [0.5, 0.6) is 5.75 Å². The molecule has 1 atom stereocenters. The molecule has 0 radical (unpaired) electrons. The molecule has 2 aliphatic heterocycles. The second kappa shape index (κ2) is 11.0. The van der Waals surface area contributed by atoms with Crippen LogP contribution in [-0.4, -0.2) is 60.3 Å². The third-order valence-electron chi connectivity index (χ3n) is 5.95. The van der Waals surface area contributed by atoms with E-state index in [0.29, 0.717) is 12.2 Å². The molecule has 10 nitrogen and oxygen atoms in total. The van der Waals surface area contributed by atoms with Gasteiger partial charge in [0.25, 0.3) is 5.91 Å². The van der Waals surface area contributed by atoms with Gasteiger partial charge in [-0.3, -0.25) is 9.59 Å². The lowest BCUT2D eigenvalue weighted by atomic mass is 9.64. The number of para-hydroxylation sites is 1. The van der Waals surface area contributed by atoms with Crippen molar-refractivity contribution in [1.29, 1.82) is 0 Å². The van der Waals surface area contributed by atoms with Gasteiger partial charge in [0.05, 0.1) is 0 Å². The van der Waals surface area contributed by atoms with Crippen molar-refractivity contribution in [1.82, 2.24) is 15.6 Å². The number of anilines is 1. The Kier molecular flexibility index (Phi) is 7.81. The molecular formula is C22H28BN5O5S. The molecule has 12 heteroatoms. The summed E-state index contributed by atoms with van der Waals surface area (Å²) in [5, 5.41) is 22.5. The molecule has 3 heterocycles. The number of nitrogens with zero attached hydrogens (tertiary/aromatic N) is 2. The number of nitrogens with two attached hydrogens (primary N) is 1. The molecule has 0 aliphatic carbocycles. The van der Waals surface area contributed by atoms with E-state index in [1.54, 1.807) is 5.38 Å². The van der Waals surface area contributed by atoms with Crippen LogP contribution in [0.25, 0.3) is 0 Å². The highest BCUT2D eigenvalue weighted by molar-refractivity contribution is 7.13. The quantitative estimate of drug-likeness (QED) is 0.247. The zero-order valence-electron chi connectivity index (χ0n) is 19.0. The maximum atomic E-state index is 13.2. The number of thiazole rings is 1. The number of ketones is 1. The molecule has 1 fully saturated rings. The first-order chi connectivity index (χ1) is 16.4. The Hall–Kier alpha value is -2.96. The summed E-state index contributed by atoms with van der Waals surface area (Å²) in [5.41, 5.74) is 7.84. The van der Waals surface area contributed by atoms with Gasteiger partial charge >= 0.3 is 7.12 Å². The Morgan fingerprint density at radius 1 is 1.41 bits per heavy atom. The number of piperidine rings is 1. The van der Waals surface area contributed by atoms with Crippen LogP contribution in [0.1, 0.15) is 36.1 Å². The molecule has 2 aromatic rings. The van der Waals surface area contributed by atoms with Crippen LogP contribution >= 0.6 is 11.3 Å². The van der Waals surface area contributed by atoms with Crippen molar-refractivity contribution in [2.24, 2.45) is 5.16 Å². The summed E-state index contributed by atoms with van der Waals surface area (Å²) in [5.74, 6) is -0.495. The molecule has 0 saturated carbocycles. The zero-order chi connectivity index (χ0) is 24.1. The Morgan fingerprint density at radius 3 is 2.94 bits per heavy atom. The fourth-order valence-corrected chi connectivity index (χ4v) is 4.73. The Balaban J connectivity index is 1.42. The summed E-state index contributed by atoms with van der Waals surface area (Å²) >= 11 is 1.17. The van der Waals surface area contributed by atoms with Gasteiger partial charge in [0.15, 0.2) is 23.2 Å². The average Bonchev–Trinajstić information content (AvgIpc) is 3.24. The molecule has 180 valence electrons. The number of nitrogens with one attached hydrogen (secondary N) is 2. The van der Waals surface area contributed by atoms with Crippen molar-refractivity contribution in [2.45, 2.75) is 44.5 Å². The molecule has 1 aromatic heterocycles. The summed E-state index contributed by atoms with van der Waals surface area (Å²) < 4.78 is 5.69. The maximum absolute atomic E-state index is 13.2. The number of carbonyl (C=O) groups excluding carboxylic acids is 2. The van der Waals surface area contributed by atoms with Crippen LogP contribution in [0, 0.1) is 6.92 Å². The van der Waals surface area contributed by atoms with E-state index in [0.717, 1.165) is 37.1 Å². The second-order valence-electron chi connectivity index (χ2n) is 8.54. The number of oxime groups is 1. The number of carbonyl (C=O) groups is 2. The van der Waals surface area contributed by atoms with E-state index in [-0.39, 0.29) is 47.3 Å². The Morgan fingerprint density at radius 2 is 2.21 bits per heavy atom. The number of Topliss-reactive ketones (excluding diaryl/α,β-unsaturated/α-hetero) is 1. The van der Waals surface area contributed by atoms with E-state index in [4.69, 9.17) is 15.2 Å². The van der Waals surface area contributed by atoms with Crippen molar-refractivity contribution in [3.63, 3.8) is 0 Å². The molecule has 0 unspecified atom stereocenters. The van der Waals surface area contributed by atoms with Gasteiger partial charge in [-0.2, -0.15) is 0 Å². The predicted molar refractivity (Wildman–Crippen MR) is 130 cm³/mol. The van der Waals surface area contributed by atoms with Crippen molar-refractivity contribution in [3.05, 3.63) is 40.4 Å². The van der Waals surface area contributed by atoms with Crippen molar-refractivity contribution in [3.8, 4) is 5.75 Å². The van der Waals surface area contributed by atoms with Gasteiger partial charge < -0.3 is 30.9 Å². The van der Waals surface area contributed by atoms with Crippen molar-refractivity contribution in [2.75, 3.05) is 25.4 Å². The van der Waals surface area contributed by atoms with Crippen LogP contribution in [0.4, 0.5) is 5.13 Å². The summed E-state index contributed by atoms with van der Waals surface area (Å²) in [7, 11) is -1.13. The Bertz CT molecular complexity index is 1070. The summed E-state index contributed by atoms with van der Waals surface area (Å²) in [6, 6.07) is 5.85. The monoisotopic (exact) mass is 485 g/mol. The Labute approximate surface area is 202 Å². The third kappa shape index (κ3) is 5.93. The lowest BCUT2D eigenvalue weighted by molar-refractivity contribution is -0.126. The van der Waals surface area contributed by atoms with Gasteiger partial charge in [-0.05, 0) is 50.4 Å². The largest absolute Gasteiger partial charge is 0.536 e. The molecule has 1 aromatic carbocycles. The molecule has 0 bridgehead atoms.